The van der Waals surface area contributed by atoms with Crippen molar-refractivity contribution < 1.29 is 4.42 Å². The van der Waals surface area contributed by atoms with Crippen molar-refractivity contribution in [2.24, 2.45) is 0 Å². The third-order valence-corrected chi connectivity index (χ3v) is 10.6. The van der Waals surface area contributed by atoms with E-state index < -0.39 is 0 Å². The van der Waals surface area contributed by atoms with Crippen LogP contribution in [0.4, 0.5) is 17.1 Å². The smallest absolute Gasteiger partial charge is 0.143 e. The first-order valence-corrected chi connectivity index (χ1v) is 16.8. The van der Waals surface area contributed by atoms with E-state index in [1.54, 1.807) is 0 Å². The zero-order chi connectivity index (χ0) is 30.9. The molecular weight excluding hydrogens is 591 g/mol. The molecule has 0 saturated carbocycles. The number of nitrogens with zero attached hydrogens (tertiary/aromatic N) is 1. The van der Waals surface area contributed by atoms with Crippen molar-refractivity contribution >= 4 is 92.1 Å². The molecule has 0 aliphatic rings. The molecule has 3 heteroatoms. The van der Waals surface area contributed by atoms with Crippen molar-refractivity contribution in [2.45, 2.75) is 0 Å². The molecule has 2 heterocycles. The number of rotatable bonds is 4. The minimum Gasteiger partial charge on any atom is -0.455 e. The number of para-hydroxylation sites is 1. The molecular formula is C44H27NOS. The quantitative estimate of drug-likeness (QED) is 0.195. The topological polar surface area (TPSA) is 16.4 Å². The zero-order valence-electron chi connectivity index (χ0n) is 25.4. The Kier molecular flexibility index (Phi) is 5.78. The van der Waals surface area contributed by atoms with E-state index in [-0.39, 0.29) is 0 Å². The van der Waals surface area contributed by atoms with Crippen LogP contribution >= 0.6 is 11.3 Å². The van der Waals surface area contributed by atoms with E-state index in [0.717, 1.165) is 44.4 Å². The van der Waals surface area contributed by atoms with Gasteiger partial charge in [-0.15, -0.1) is 11.3 Å². The van der Waals surface area contributed by atoms with Gasteiger partial charge in [0.2, 0.25) is 0 Å². The van der Waals surface area contributed by atoms with Crippen LogP contribution in [0, 0.1) is 0 Å². The summed E-state index contributed by atoms with van der Waals surface area (Å²) in [6.07, 6.45) is 0. The lowest BCUT2D eigenvalue weighted by molar-refractivity contribution is 0.672. The number of furan rings is 1. The molecule has 8 aromatic carbocycles. The molecule has 10 aromatic rings. The highest BCUT2D eigenvalue weighted by atomic mass is 32.1. The van der Waals surface area contributed by atoms with Gasteiger partial charge in [0.1, 0.15) is 11.2 Å². The number of thiophene rings is 1. The lowest BCUT2D eigenvalue weighted by Crippen LogP contribution is -2.12. The summed E-state index contributed by atoms with van der Waals surface area (Å²) < 4.78 is 9.30. The van der Waals surface area contributed by atoms with Crippen LogP contribution in [0.5, 0.6) is 0 Å². The first-order valence-electron chi connectivity index (χ1n) is 15.9. The maximum absolute atomic E-state index is 6.70. The van der Waals surface area contributed by atoms with Gasteiger partial charge in [-0.2, -0.15) is 0 Å². The highest BCUT2D eigenvalue weighted by Gasteiger charge is 2.24. The van der Waals surface area contributed by atoms with E-state index in [2.05, 4.69) is 169 Å². The third-order valence-electron chi connectivity index (χ3n) is 9.45. The van der Waals surface area contributed by atoms with Gasteiger partial charge in [0.05, 0.1) is 22.4 Å². The van der Waals surface area contributed by atoms with Gasteiger partial charge in [-0.25, -0.2) is 0 Å². The van der Waals surface area contributed by atoms with E-state index in [4.69, 9.17) is 4.42 Å². The summed E-state index contributed by atoms with van der Waals surface area (Å²) in [5, 5.41) is 9.51. The Morgan fingerprint density at radius 3 is 1.91 bits per heavy atom. The van der Waals surface area contributed by atoms with Crippen LogP contribution in [0.1, 0.15) is 0 Å². The summed E-state index contributed by atoms with van der Waals surface area (Å²) in [5.41, 5.74) is 7.55. The predicted octanol–water partition coefficient (Wildman–Crippen LogP) is 13.4. The van der Waals surface area contributed by atoms with Crippen LogP contribution < -0.4 is 4.90 Å². The molecule has 220 valence electrons. The normalized spacial score (nSPS) is 11.8. The van der Waals surface area contributed by atoms with Gasteiger partial charge in [-0.05, 0) is 58.8 Å². The van der Waals surface area contributed by atoms with Gasteiger partial charge in [-0.1, -0.05) is 121 Å². The molecule has 0 unspecified atom stereocenters. The van der Waals surface area contributed by atoms with Crippen molar-refractivity contribution in [3.05, 3.63) is 164 Å². The Balaban J connectivity index is 1.33. The van der Waals surface area contributed by atoms with Crippen molar-refractivity contribution in [1.82, 2.24) is 0 Å². The Hall–Kier alpha value is -5.90. The molecule has 0 aliphatic heterocycles. The molecule has 0 N–H and O–H groups in total. The summed E-state index contributed by atoms with van der Waals surface area (Å²) >= 11 is 1.86. The van der Waals surface area contributed by atoms with E-state index >= 15 is 0 Å². The fraction of sp³-hybridized carbons (Fsp3) is 0. The van der Waals surface area contributed by atoms with E-state index in [0.29, 0.717) is 0 Å². The second-order valence-electron chi connectivity index (χ2n) is 12.0. The molecule has 0 aliphatic carbocycles. The van der Waals surface area contributed by atoms with Gasteiger partial charge in [0, 0.05) is 41.9 Å². The molecule has 0 saturated heterocycles. The second-order valence-corrected chi connectivity index (χ2v) is 13.1. The van der Waals surface area contributed by atoms with Gasteiger partial charge in [0.15, 0.2) is 0 Å². The molecule has 0 bridgehead atoms. The first-order chi connectivity index (χ1) is 23.3. The Morgan fingerprint density at radius 2 is 1.00 bits per heavy atom. The summed E-state index contributed by atoms with van der Waals surface area (Å²) in [4.78, 5) is 2.46. The minimum atomic E-state index is 0.877. The van der Waals surface area contributed by atoms with Crippen LogP contribution in [0.3, 0.4) is 0 Å². The number of hydrogen-bond donors (Lipinski definition) is 0. The SMILES string of the molecule is c1ccc(N(c2cccc3ccccc23)c2cccc3oc4c5ccccc5ccc4c23)c(-c2cccc3sc4ccccc4c23)c1. The van der Waals surface area contributed by atoms with E-state index in [1.165, 1.54) is 47.5 Å². The fourth-order valence-corrected chi connectivity index (χ4v) is 8.54. The van der Waals surface area contributed by atoms with Crippen molar-refractivity contribution in [3.8, 4) is 11.1 Å². The number of fused-ring (bicyclic) bond motifs is 9. The van der Waals surface area contributed by atoms with Crippen molar-refractivity contribution in [1.29, 1.82) is 0 Å². The molecule has 0 amide bonds. The van der Waals surface area contributed by atoms with Gasteiger partial charge in [-0.3, -0.25) is 0 Å². The van der Waals surface area contributed by atoms with Crippen LogP contribution in [-0.2, 0) is 0 Å². The molecule has 0 radical (unpaired) electrons. The number of hydrogen-bond acceptors (Lipinski definition) is 3. The molecule has 0 atom stereocenters. The maximum atomic E-state index is 6.70. The van der Waals surface area contributed by atoms with Crippen molar-refractivity contribution in [3.63, 3.8) is 0 Å². The average Bonchev–Trinajstić information content (AvgIpc) is 3.71. The largest absolute Gasteiger partial charge is 0.455 e. The Morgan fingerprint density at radius 1 is 0.383 bits per heavy atom. The Labute approximate surface area is 275 Å². The maximum Gasteiger partial charge on any atom is 0.143 e. The van der Waals surface area contributed by atoms with Crippen LogP contribution in [0.25, 0.3) is 74.8 Å². The monoisotopic (exact) mass is 617 g/mol. The van der Waals surface area contributed by atoms with Crippen LogP contribution in [-0.4, -0.2) is 0 Å². The number of anilines is 3. The predicted molar refractivity (Wildman–Crippen MR) is 202 cm³/mol. The van der Waals surface area contributed by atoms with E-state index in [9.17, 15) is 0 Å². The van der Waals surface area contributed by atoms with Gasteiger partial charge in [0.25, 0.3) is 0 Å². The molecule has 10 rings (SSSR count). The minimum absolute atomic E-state index is 0.877. The second kappa shape index (κ2) is 10.3. The summed E-state index contributed by atoms with van der Waals surface area (Å²) in [5.74, 6) is 0. The molecule has 0 spiro atoms. The molecule has 47 heavy (non-hydrogen) atoms. The third kappa shape index (κ3) is 3.97. The summed E-state index contributed by atoms with van der Waals surface area (Å²) in [7, 11) is 0. The van der Waals surface area contributed by atoms with Crippen LogP contribution in [0.2, 0.25) is 0 Å². The molecule has 0 fully saturated rings. The molecule has 2 nitrogen and oxygen atoms in total. The lowest BCUT2D eigenvalue weighted by atomic mass is 9.96. The van der Waals surface area contributed by atoms with Gasteiger partial charge < -0.3 is 9.32 Å². The summed E-state index contributed by atoms with van der Waals surface area (Å²) in [6, 6.07) is 59.0. The Bertz CT molecular complexity index is 2820. The highest BCUT2D eigenvalue weighted by Crippen LogP contribution is 2.50. The highest BCUT2D eigenvalue weighted by molar-refractivity contribution is 7.25. The van der Waals surface area contributed by atoms with Gasteiger partial charge >= 0.3 is 0 Å². The summed E-state index contributed by atoms with van der Waals surface area (Å²) in [6.45, 7) is 0. The van der Waals surface area contributed by atoms with Crippen molar-refractivity contribution in [2.75, 3.05) is 4.90 Å². The fourth-order valence-electron chi connectivity index (χ4n) is 7.41. The number of benzene rings is 8. The standard InChI is InChI=1S/C44H27NOS/c1-3-15-30-28(12-1)14-9-21-36(30)45(38-22-11-23-39-43(38)35-27-26-29-13-2-4-16-31(29)44(35)46-39)37-20-7-5-17-32(37)33-19-10-25-41-42(33)34-18-6-8-24-40(34)47-41/h1-27H. The lowest BCUT2D eigenvalue weighted by Gasteiger charge is -2.29. The zero-order valence-corrected chi connectivity index (χ0v) is 26.2. The first kappa shape index (κ1) is 26.3. The average molecular weight is 618 g/mol. The van der Waals surface area contributed by atoms with E-state index in [1.807, 2.05) is 11.3 Å². The van der Waals surface area contributed by atoms with Crippen LogP contribution in [0.15, 0.2) is 168 Å². The molecule has 2 aromatic heterocycles.